The maximum atomic E-state index is 13.4. The number of rotatable bonds is 5. The molecule has 120 valence electrons. The van der Waals surface area contributed by atoms with Crippen LogP contribution in [-0.2, 0) is 10.0 Å². The predicted molar refractivity (Wildman–Crippen MR) is 82.1 cm³/mol. The van der Waals surface area contributed by atoms with Gasteiger partial charge in [0.2, 0.25) is 0 Å². The Kier molecular flexibility index (Phi) is 4.70. The van der Waals surface area contributed by atoms with Gasteiger partial charge in [0, 0.05) is 17.2 Å². The molecule has 0 aliphatic carbocycles. The molecule has 0 spiro atoms. The lowest BCUT2D eigenvalue weighted by Crippen LogP contribution is -2.18. The van der Waals surface area contributed by atoms with E-state index in [1.165, 1.54) is 37.3 Å². The van der Waals surface area contributed by atoms with Gasteiger partial charge < -0.3 is 0 Å². The smallest absolute Gasteiger partial charge is 0.258 e. The molecule has 0 aliphatic rings. The standard InChI is InChI=1S/C14H12FN3O4S/c1-10-6-7-12(8-14(10)18(19)20)23(21,22)17-16-9-11-4-2-3-5-13(11)15/h2-9,17H,1H3. The molecule has 0 fully saturated rings. The molecule has 0 aliphatic heterocycles. The second-order valence-electron chi connectivity index (χ2n) is 4.58. The fraction of sp³-hybridized carbons (Fsp3) is 0.0714. The highest BCUT2D eigenvalue weighted by atomic mass is 32.2. The summed E-state index contributed by atoms with van der Waals surface area (Å²) in [6.45, 7) is 1.50. The highest BCUT2D eigenvalue weighted by Crippen LogP contribution is 2.21. The second kappa shape index (κ2) is 6.53. The molecule has 0 radical (unpaired) electrons. The summed E-state index contributed by atoms with van der Waals surface area (Å²) >= 11 is 0. The van der Waals surface area contributed by atoms with Gasteiger partial charge >= 0.3 is 0 Å². The van der Waals surface area contributed by atoms with Crippen LogP contribution in [0.1, 0.15) is 11.1 Å². The van der Waals surface area contributed by atoms with Crippen LogP contribution in [0.5, 0.6) is 0 Å². The van der Waals surface area contributed by atoms with Crippen LogP contribution in [0.2, 0.25) is 0 Å². The lowest BCUT2D eigenvalue weighted by Gasteiger charge is -2.04. The van der Waals surface area contributed by atoms with Crippen LogP contribution in [-0.4, -0.2) is 19.6 Å². The molecule has 0 unspecified atom stereocenters. The van der Waals surface area contributed by atoms with E-state index in [1.807, 2.05) is 4.83 Å². The van der Waals surface area contributed by atoms with Gasteiger partial charge in [-0.15, -0.1) is 0 Å². The molecule has 2 aromatic rings. The molecule has 9 heteroatoms. The molecule has 0 heterocycles. The SMILES string of the molecule is Cc1ccc(S(=O)(=O)NN=Cc2ccccc2F)cc1[N+](=O)[O-]. The van der Waals surface area contributed by atoms with Crippen molar-refractivity contribution < 1.29 is 17.7 Å². The Bertz CT molecular complexity index is 881. The van der Waals surface area contributed by atoms with Gasteiger partial charge in [0.25, 0.3) is 15.7 Å². The average Bonchev–Trinajstić information content (AvgIpc) is 2.49. The highest BCUT2D eigenvalue weighted by Gasteiger charge is 2.19. The zero-order chi connectivity index (χ0) is 17.0. The van der Waals surface area contributed by atoms with Gasteiger partial charge in [0.05, 0.1) is 16.0 Å². The molecule has 0 aromatic heterocycles. The Morgan fingerprint density at radius 3 is 2.61 bits per heavy atom. The van der Waals surface area contributed by atoms with Crippen LogP contribution in [0.4, 0.5) is 10.1 Å². The number of hydrogen-bond donors (Lipinski definition) is 1. The summed E-state index contributed by atoms with van der Waals surface area (Å²) in [5.74, 6) is -0.554. The van der Waals surface area contributed by atoms with Crippen LogP contribution in [0.3, 0.4) is 0 Å². The number of sulfonamides is 1. The molecular weight excluding hydrogens is 325 g/mol. The van der Waals surface area contributed by atoms with E-state index >= 15 is 0 Å². The zero-order valence-corrected chi connectivity index (χ0v) is 12.7. The highest BCUT2D eigenvalue weighted by molar-refractivity contribution is 7.89. The minimum Gasteiger partial charge on any atom is -0.258 e. The summed E-state index contributed by atoms with van der Waals surface area (Å²) in [7, 11) is -4.09. The molecule has 23 heavy (non-hydrogen) atoms. The Morgan fingerprint density at radius 2 is 1.96 bits per heavy atom. The molecule has 0 amide bonds. The van der Waals surface area contributed by atoms with Crippen molar-refractivity contribution in [1.29, 1.82) is 0 Å². The minimum absolute atomic E-state index is 0.102. The Hall–Kier alpha value is -2.81. The molecule has 2 rings (SSSR count). The summed E-state index contributed by atoms with van der Waals surface area (Å²) in [5.41, 5.74) is 0.125. The summed E-state index contributed by atoms with van der Waals surface area (Å²) in [6.07, 6.45) is 1.01. The number of hydrogen-bond acceptors (Lipinski definition) is 5. The number of nitrogens with zero attached hydrogens (tertiary/aromatic N) is 2. The molecular formula is C14H12FN3O4S. The number of benzene rings is 2. The molecule has 1 N–H and O–H groups in total. The van der Waals surface area contributed by atoms with Gasteiger partial charge in [-0.3, -0.25) is 10.1 Å². The third-order valence-electron chi connectivity index (χ3n) is 2.97. The summed E-state index contributed by atoms with van der Waals surface area (Å²) < 4.78 is 37.5. The number of nitro groups is 1. The van der Waals surface area contributed by atoms with E-state index in [0.717, 1.165) is 12.3 Å². The summed E-state index contributed by atoms with van der Waals surface area (Å²) in [4.78, 5) is 11.8. The molecule has 7 nitrogen and oxygen atoms in total. The van der Waals surface area contributed by atoms with Crippen LogP contribution in [0, 0.1) is 22.9 Å². The Morgan fingerprint density at radius 1 is 1.26 bits per heavy atom. The van der Waals surface area contributed by atoms with Gasteiger partial charge in [-0.05, 0) is 19.1 Å². The van der Waals surface area contributed by atoms with Crippen molar-refractivity contribution in [2.45, 2.75) is 11.8 Å². The van der Waals surface area contributed by atoms with Crippen molar-refractivity contribution in [1.82, 2.24) is 4.83 Å². The lowest BCUT2D eigenvalue weighted by atomic mass is 10.2. The number of nitrogens with one attached hydrogen (secondary N) is 1. The third kappa shape index (κ3) is 3.89. The van der Waals surface area contributed by atoms with E-state index < -0.39 is 20.8 Å². The fourth-order valence-electron chi connectivity index (χ4n) is 1.75. The Balaban J connectivity index is 2.24. The van der Waals surface area contributed by atoms with Crippen LogP contribution < -0.4 is 4.83 Å². The lowest BCUT2D eigenvalue weighted by molar-refractivity contribution is -0.385. The molecule has 0 saturated heterocycles. The van der Waals surface area contributed by atoms with E-state index in [2.05, 4.69) is 5.10 Å². The first kappa shape index (κ1) is 16.6. The minimum atomic E-state index is -4.09. The maximum Gasteiger partial charge on any atom is 0.276 e. The van der Waals surface area contributed by atoms with Crippen LogP contribution in [0.25, 0.3) is 0 Å². The summed E-state index contributed by atoms with van der Waals surface area (Å²) in [5, 5.41) is 14.3. The predicted octanol–water partition coefficient (Wildman–Crippen LogP) is 2.35. The van der Waals surface area contributed by atoms with E-state index in [9.17, 15) is 22.9 Å². The maximum absolute atomic E-state index is 13.4. The van der Waals surface area contributed by atoms with E-state index in [1.54, 1.807) is 6.07 Å². The van der Waals surface area contributed by atoms with E-state index in [-0.39, 0.29) is 16.1 Å². The first-order chi connectivity index (χ1) is 10.8. The van der Waals surface area contributed by atoms with Gasteiger partial charge in [0.15, 0.2) is 0 Å². The quantitative estimate of drug-likeness (QED) is 0.514. The van der Waals surface area contributed by atoms with E-state index in [0.29, 0.717) is 5.56 Å². The topological polar surface area (TPSA) is 102 Å². The molecule has 0 saturated carbocycles. The van der Waals surface area contributed by atoms with Crippen molar-refractivity contribution in [3.8, 4) is 0 Å². The molecule has 0 bridgehead atoms. The van der Waals surface area contributed by atoms with Crippen molar-refractivity contribution in [3.63, 3.8) is 0 Å². The first-order valence-electron chi connectivity index (χ1n) is 6.36. The molecule has 0 atom stereocenters. The zero-order valence-electron chi connectivity index (χ0n) is 11.9. The van der Waals surface area contributed by atoms with E-state index in [4.69, 9.17) is 0 Å². The van der Waals surface area contributed by atoms with Gasteiger partial charge in [0.1, 0.15) is 5.82 Å². The Labute approximate surface area is 131 Å². The van der Waals surface area contributed by atoms with Crippen LogP contribution >= 0.6 is 0 Å². The third-order valence-corrected chi connectivity index (χ3v) is 4.19. The second-order valence-corrected chi connectivity index (χ2v) is 6.24. The van der Waals surface area contributed by atoms with Crippen molar-refractivity contribution in [2.75, 3.05) is 0 Å². The molecule has 2 aromatic carbocycles. The average molecular weight is 337 g/mol. The normalized spacial score (nSPS) is 11.6. The van der Waals surface area contributed by atoms with Gasteiger partial charge in [-0.1, -0.05) is 24.3 Å². The number of hydrazone groups is 1. The van der Waals surface area contributed by atoms with Crippen molar-refractivity contribution in [3.05, 3.63) is 69.5 Å². The van der Waals surface area contributed by atoms with Gasteiger partial charge in [-0.2, -0.15) is 13.5 Å². The fourth-order valence-corrected chi connectivity index (χ4v) is 2.56. The monoisotopic (exact) mass is 337 g/mol. The van der Waals surface area contributed by atoms with Crippen molar-refractivity contribution >= 4 is 21.9 Å². The number of aryl methyl sites for hydroxylation is 1. The van der Waals surface area contributed by atoms with Crippen molar-refractivity contribution in [2.24, 2.45) is 5.10 Å². The number of nitro benzene ring substituents is 1. The largest absolute Gasteiger partial charge is 0.276 e. The van der Waals surface area contributed by atoms with Gasteiger partial charge in [-0.25, -0.2) is 9.22 Å². The first-order valence-corrected chi connectivity index (χ1v) is 7.84. The summed E-state index contributed by atoms with van der Waals surface area (Å²) in [6, 6.07) is 9.18. The number of halogens is 1. The van der Waals surface area contributed by atoms with Crippen LogP contribution in [0.15, 0.2) is 52.5 Å².